The van der Waals surface area contributed by atoms with Gasteiger partial charge in [0.25, 0.3) is 5.91 Å². The van der Waals surface area contributed by atoms with Gasteiger partial charge in [-0.15, -0.1) is 0 Å². The van der Waals surface area contributed by atoms with Gasteiger partial charge in [-0.25, -0.2) is 4.79 Å². The average molecular weight is 457 g/mol. The number of nitrogens with one attached hydrogen (secondary N) is 1. The second kappa shape index (κ2) is 11.2. The van der Waals surface area contributed by atoms with Crippen LogP contribution >= 0.6 is 0 Å². The molecule has 1 amide bonds. The van der Waals surface area contributed by atoms with Crippen LogP contribution < -0.4 is 15.7 Å². The van der Waals surface area contributed by atoms with Gasteiger partial charge in [0, 0.05) is 31.1 Å². The first-order chi connectivity index (χ1) is 16.6. The summed E-state index contributed by atoms with van der Waals surface area (Å²) < 4.78 is 11.0. The highest BCUT2D eigenvalue weighted by molar-refractivity contribution is 5.89. The molecule has 0 bridgehead atoms. The zero-order chi connectivity index (χ0) is 23.8. The van der Waals surface area contributed by atoms with Crippen LogP contribution in [0.25, 0.3) is 11.0 Å². The molecule has 0 aliphatic rings. The molecule has 4 rings (SSSR count). The Hall–Kier alpha value is -4.06. The number of fused-ring (bicyclic) bond motifs is 1. The van der Waals surface area contributed by atoms with Crippen molar-refractivity contribution in [3.63, 3.8) is 0 Å². The van der Waals surface area contributed by atoms with Gasteiger partial charge in [0.05, 0.1) is 5.69 Å². The highest BCUT2D eigenvalue weighted by Gasteiger charge is 2.15. The Balaban J connectivity index is 1.38. The Morgan fingerprint density at radius 3 is 2.50 bits per heavy atom. The molecule has 0 saturated carbocycles. The van der Waals surface area contributed by atoms with Gasteiger partial charge in [-0.05, 0) is 43.2 Å². The van der Waals surface area contributed by atoms with E-state index >= 15 is 0 Å². The van der Waals surface area contributed by atoms with Crippen molar-refractivity contribution in [1.82, 2.24) is 4.90 Å². The lowest BCUT2D eigenvalue weighted by Gasteiger charge is -2.23. The molecule has 0 atom stereocenters. The van der Waals surface area contributed by atoms with E-state index in [2.05, 4.69) is 5.32 Å². The molecule has 0 aliphatic heterocycles. The summed E-state index contributed by atoms with van der Waals surface area (Å²) in [6, 6.07) is 26.5. The maximum atomic E-state index is 13.0. The van der Waals surface area contributed by atoms with Gasteiger partial charge >= 0.3 is 5.63 Å². The van der Waals surface area contributed by atoms with Crippen molar-refractivity contribution in [2.45, 2.75) is 19.9 Å². The van der Waals surface area contributed by atoms with E-state index in [0.717, 1.165) is 22.2 Å². The van der Waals surface area contributed by atoms with E-state index in [4.69, 9.17) is 9.15 Å². The van der Waals surface area contributed by atoms with Crippen LogP contribution in [-0.2, 0) is 11.3 Å². The third-order valence-corrected chi connectivity index (χ3v) is 5.52. The third kappa shape index (κ3) is 6.25. The zero-order valence-corrected chi connectivity index (χ0v) is 19.2. The molecule has 6 nitrogen and oxygen atoms in total. The molecule has 1 aromatic heterocycles. The van der Waals surface area contributed by atoms with Crippen LogP contribution in [-0.4, -0.2) is 30.5 Å². The third-order valence-electron chi connectivity index (χ3n) is 5.52. The van der Waals surface area contributed by atoms with Crippen molar-refractivity contribution in [2.75, 3.05) is 25.0 Å². The van der Waals surface area contributed by atoms with Crippen molar-refractivity contribution < 1.29 is 13.9 Å². The topological polar surface area (TPSA) is 71.8 Å². The lowest BCUT2D eigenvalue weighted by Crippen LogP contribution is -2.36. The Bertz CT molecular complexity index is 1280. The Kier molecular flexibility index (Phi) is 7.60. The van der Waals surface area contributed by atoms with Crippen LogP contribution in [0.2, 0.25) is 0 Å². The summed E-state index contributed by atoms with van der Waals surface area (Å²) in [6.45, 7) is 3.65. The second-order valence-electron chi connectivity index (χ2n) is 8.16. The monoisotopic (exact) mass is 456 g/mol. The molecular formula is C28H28N2O4. The van der Waals surface area contributed by atoms with Crippen LogP contribution in [0.1, 0.15) is 17.5 Å². The van der Waals surface area contributed by atoms with Crippen LogP contribution in [0.3, 0.4) is 0 Å². The molecule has 34 heavy (non-hydrogen) atoms. The lowest BCUT2D eigenvalue weighted by molar-refractivity contribution is -0.134. The predicted octanol–water partition coefficient (Wildman–Crippen LogP) is 5.01. The minimum absolute atomic E-state index is 0.0201. The standard InChI is InChI=1S/C28H28N2O4/c1-21-12-14-23(15-13-21)33-20-27(31)30(19-22-8-3-2-4-9-22)17-7-16-29-25-18-28(32)34-26-11-6-5-10-24(25)26/h2-6,8-15,18,29H,7,16-17,19-20H2,1H3. The summed E-state index contributed by atoms with van der Waals surface area (Å²) in [5.74, 6) is 0.602. The van der Waals surface area contributed by atoms with Gasteiger partial charge in [-0.2, -0.15) is 0 Å². The number of nitrogens with zero attached hydrogens (tertiary/aromatic N) is 1. The quantitative estimate of drug-likeness (QED) is 0.268. The molecule has 1 heterocycles. The van der Waals surface area contributed by atoms with E-state index in [1.54, 1.807) is 6.07 Å². The van der Waals surface area contributed by atoms with Crippen molar-refractivity contribution in [3.8, 4) is 5.75 Å². The van der Waals surface area contributed by atoms with E-state index in [1.165, 1.54) is 6.07 Å². The first-order valence-corrected chi connectivity index (χ1v) is 11.4. The summed E-state index contributed by atoms with van der Waals surface area (Å²) >= 11 is 0. The molecule has 0 spiro atoms. The minimum atomic E-state index is -0.393. The highest BCUT2D eigenvalue weighted by Crippen LogP contribution is 2.21. The first kappa shape index (κ1) is 23.1. The summed E-state index contributed by atoms with van der Waals surface area (Å²) in [5.41, 5.74) is 3.09. The molecular weight excluding hydrogens is 428 g/mol. The van der Waals surface area contributed by atoms with Crippen molar-refractivity contribution in [1.29, 1.82) is 0 Å². The van der Waals surface area contributed by atoms with Crippen LogP contribution in [0.15, 0.2) is 94.1 Å². The number of hydrogen-bond donors (Lipinski definition) is 1. The number of rotatable bonds is 10. The number of hydrogen-bond acceptors (Lipinski definition) is 5. The second-order valence-corrected chi connectivity index (χ2v) is 8.16. The molecule has 0 fully saturated rings. The molecule has 3 aromatic carbocycles. The maximum Gasteiger partial charge on any atom is 0.338 e. The Morgan fingerprint density at radius 1 is 0.971 bits per heavy atom. The largest absolute Gasteiger partial charge is 0.484 e. The van der Waals surface area contributed by atoms with Gasteiger partial charge < -0.3 is 19.4 Å². The number of carbonyl (C=O) groups is 1. The minimum Gasteiger partial charge on any atom is -0.484 e. The average Bonchev–Trinajstić information content (AvgIpc) is 2.85. The molecule has 174 valence electrons. The predicted molar refractivity (Wildman–Crippen MR) is 134 cm³/mol. The molecule has 1 N–H and O–H groups in total. The van der Waals surface area contributed by atoms with Gasteiger partial charge in [-0.1, -0.05) is 60.2 Å². The smallest absolute Gasteiger partial charge is 0.338 e. The maximum absolute atomic E-state index is 13.0. The number of carbonyl (C=O) groups excluding carboxylic acids is 1. The molecule has 0 radical (unpaired) electrons. The molecule has 0 unspecified atom stereocenters. The summed E-state index contributed by atoms with van der Waals surface area (Å²) in [5, 5.41) is 4.17. The normalized spacial score (nSPS) is 10.7. The van der Waals surface area contributed by atoms with E-state index < -0.39 is 5.63 Å². The lowest BCUT2D eigenvalue weighted by atomic mass is 10.2. The van der Waals surface area contributed by atoms with E-state index in [1.807, 2.05) is 84.6 Å². The first-order valence-electron chi connectivity index (χ1n) is 11.4. The van der Waals surface area contributed by atoms with Gasteiger partial charge in [0.1, 0.15) is 11.3 Å². The number of anilines is 1. The van der Waals surface area contributed by atoms with Crippen molar-refractivity contribution in [2.24, 2.45) is 0 Å². The van der Waals surface area contributed by atoms with Crippen LogP contribution in [0, 0.1) is 6.92 Å². The van der Waals surface area contributed by atoms with E-state index in [0.29, 0.717) is 37.4 Å². The van der Waals surface area contributed by atoms with E-state index in [9.17, 15) is 9.59 Å². The number of amides is 1. The zero-order valence-electron chi connectivity index (χ0n) is 19.2. The fraction of sp³-hybridized carbons (Fsp3) is 0.214. The van der Waals surface area contributed by atoms with Gasteiger partial charge in [0.15, 0.2) is 6.61 Å². The summed E-state index contributed by atoms with van der Waals surface area (Å²) in [4.78, 5) is 26.7. The van der Waals surface area contributed by atoms with Crippen LogP contribution in [0.4, 0.5) is 5.69 Å². The number of aryl methyl sites for hydroxylation is 1. The molecule has 0 aliphatic carbocycles. The van der Waals surface area contributed by atoms with E-state index in [-0.39, 0.29) is 12.5 Å². The summed E-state index contributed by atoms with van der Waals surface area (Å²) in [6.07, 6.45) is 0.706. The van der Waals surface area contributed by atoms with Gasteiger partial charge in [-0.3, -0.25) is 4.79 Å². The molecule has 6 heteroatoms. The number of para-hydroxylation sites is 1. The Labute approximate surface area is 198 Å². The van der Waals surface area contributed by atoms with Crippen LogP contribution in [0.5, 0.6) is 5.75 Å². The highest BCUT2D eigenvalue weighted by atomic mass is 16.5. The molecule has 0 saturated heterocycles. The summed E-state index contributed by atoms with van der Waals surface area (Å²) in [7, 11) is 0. The fourth-order valence-corrected chi connectivity index (χ4v) is 3.72. The SMILES string of the molecule is Cc1ccc(OCC(=O)N(CCCNc2cc(=O)oc3ccccc23)Cc2ccccc2)cc1. The Morgan fingerprint density at radius 2 is 1.71 bits per heavy atom. The number of benzene rings is 3. The number of ether oxygens (including phenoxy) is 1. The fourth-order valence-electron chi connectivity index (χ4n) is 3.72. The van der Waals surface area contributed by atoms with Crippen molar-refractivity contribution >= 4 is 22.6 Å². The van der Waals surface area contributed by atoms with Crippen molar-refractivity contribution in [3.05, 3.63) is 106 Å². The molecule has 4 aromatic rings. The van der Waals surface area contributed by atoms with Gasteiger partial charge in [0.2, 0.25) is 0 Å².